The zero-order valence-corrected chi connectivity index (χ0v) is 19.8. The molecule has 5 rings (SSSR count). The van der Waals surface area contributed by atoms with Crippen LogP contribution in [0.25, 0.3) is 11.0 Å². The average Bonchev–Trinajstić information content (AvgIpc) is 3.17. The maximum atomic E-state index is 12.9. The van der Waals surface area contributed by atoms with E-state index in [-0.39, 0.29) is 5.69 Å². The molecule has 34 heavy (non-hydrogen) atoms. The quantitative estimate of drug-likeness (QED) is 0.356. The van der Waals surface area contributed by atoms with Gasteiger partial charge in [0.05, 0.1) is 22.4 Å². The Bertz CT molecular complexity index is 1270. The average molecular weight is 456 g/mol. The van der Waals surface area contributed by atoms with Gasteiger partial charge in [0, 0.05) is 44.1 Å². The third-order valence-corrected chi connectivity index (χ3v) is 6.95. The van der Waals surface area contributed by atoms with Gasteiger partial charge in [0.25, 0.3) is 0 Å². The van der Waals surface area contributed by atoms with Gasteiger partial charge in [-0.1, -0.05) is 43.5 Å². The first-order valence-corrected chi connectivity index (χ1v) is 12.4. The summed E-state index contributed by atoms with van der Waals surface area (Å²) in [5, 5.41) is 3.57. The lowest BCUT2D eigenvalue weighted by atomic mass is 9.89. The number of anilines is 3. The van der Waals surface area contributed by atoms with Crippen LogP contribution in [0, 0.1) is 5.92 Å². The highest BCUT2D eigenvalue weighted by Crippen LogP contribution is 2.33. The molecule has 1 saturated carbocycles. The number of H-pyrrole nitrogens is 1. The standard InChI is InChI=1S/C28H33N5O/c1-32(17-15-22-12-8-9-16-29-22)26-19-27-25(18-24(26)30-23-13-6-3-7-14-23)31-28(34)33(27)20-21-10-4-2-5-11-21/h3,6-9,12-14,16,18-19,21,30H,2,4-5,10-11,15,17,20H2,1H3,(H,31,34). The second-order valence-corrected chi connectivity index (χ2v) is 9.41. The van der Waals surface area contributed by atoms with Crippen LogP contribution in [0.5, 0.6) is 0 Å². The third-order valence-electron chi connectivity index (χ3n) is 6.95. The number of nitrogens with zero attached hydrogens (tertiary/aromatic N) is 3. The number of rotatable bonds is 8. The Balaban J connectivity index is 1.49. The van der Waals surface area contributed by atoms with Crippen LogP contribution in [0.1, 0.15) is 37.8 Å². The highest BCUT2D eigenvalue weighted by Gasteiger charge is 2.19. The lowest BCUT2D eigenvalue weighted by molar-refractivity contribution is 0.319. The van der Waals surface area contributed by atoms with Gasteiger partial charge in [0.15, 0.2) is 0 Å². The number of benzene rings is 2. The Morgan fingerprint density at radius 3 is 2.62 bits per heavy atom. The maximum absolute atomic E-state index is 12.9. The number of pyridine rings is 1. The molecule has 6 heteroatoms. The second-order valence-electron chi connectivity index (χ2n) is 9.41. The molecule has 0 aliphatic heterocycles. The molecule has 176 valence electrons. The molecule has 0 atom stereocenters. The molecule has 2 aromatic heterocycles. The summed E-state index contributed by atoms with van der Waals surface area (Å²) in [6, 6.07) is 20.4. The third kappa shape index (κ3) is 5.01. The number of hydrogen-bond donors (Lipinski definition) is 2. The molecule has 0 unspecified atom stereocenters. The van der Waals surface area contributed by atoms with Gasteiger partial charge < -0.3 is 15.2 Å². The van der Waals surface area contributed by atoms with Crippen LogP contribution in [0.3, 0.4) is 0 Å². The summed E-state index contributed by atoms with van der Waals surface area (Å²) in [6.45, 7) is 1.62. The molecule has 2 N–H and O–H groups in total. The van der Waals surface area contributed by atoms with Crippen molar-refractivity contribution in [3.05, 3.63) is 83.0 Å². The predicted octanol–water partition coefficient (Wildman–Crippen LogP) is 5.73. The van der Waals surface area contributed by atoms with Gasteiger partial charge in [0.1, 0.15) is 0 Å². The van der Waals surface area contributed by atoms with E-state index >= 15 is 0 Å². The first-order valence-electron chi connectivity index (χ1n) is 12.4. The predicted molar refractivity (Wildman–Crippen MR) is 140 cm³/mol. The Hall–Kier alpha value is -3.54. The number of para-hydroxylation sites is 1. The van der Waals surface area contributed by atoms with Crippen LogP contribution in [0.2, 0.25) is 0 Å². The molecule has 1 aliphatic rings. The van der Waals surface area contributed by atoms with Gasteiger partial charge in [-0.25, -0.2) is 4.79 Å². The van der Waals surface area contributed by atoms with Gasteiger partial charge in [0.2, 0.25) is 0 Å². The fraction of sp³-hybridized carbons (Fsp3) is 0.357. The van der Waals surface area contributed by atoms with E-state index in [1.165, 1.54) is 32.1 Å². The summed E-state index contributed by atoms with van der Waals surface area (Å²) in [5.41, 5.74) is 5.99. The van der Waals surface area contributed by atoms with Crippen molar-refractivity contribution < 1.29 is 0 Å². The molecule has 0 bridgehead atoms. The van der Waals surface area contributed by atoms with Crippen molar-refractivity contribution >= 4 is 28.1 Å². The Kier molecular flexibility index (Phi) is 6.65. The molecule has 2 aromatic carbocycles. The topological polar surface area (TPSA) is 66.0 Å². The van der Waals surface area contributed by atoms with Crippen molar-refractivity contribution in [1.82, 2.24) is 14.5 Å². The smallest absolute Gasteiger partial charge is 0.326 e. The molecular formula is C28H33N5O. The summed E-state index contributed by atoms with van der Waals surface area (Å²) in [5.74, 6) is 0.581. The van der Waals surface area contributed by atoms with Crippen LogP contribution in [0.15, 0.2) is 71.7 Å². The minimum atomic E-state index is -0.0143. The molecule has 1 aliphatic carbocycles. The van der Waals surface area contributed by atoms with Crippen molar-refractivity contribution in [2.24, 2.45) is 5.92 Å². The zero-order valence-electron chi connectivity index (χ0n) is 19.8. The fourth-order valence-corrected chi connectivity index (χ4v) is 5.04. The van der Waals surface area contributed by atoms with E-state index < -0.39 is 0 Å². The first-order chi connectivity index (χ1) is 16.7. The molecule has 1 fully saturated rings. The molecule has 0 amide bonds. The van der Waals surface area contributed by atoms with Crippen LogP contribution < -0.4 is 15.9 Å². The Morgan fingerprint density at radius 1 is 1.06 bits per heavy atom. The van der Waals surface area contributed by atoms with Gasteiger partial charge in [-0.2, -0.15) is 0 Å². The SMILES string of the molecule is CN(CCc1ccccn1)c1cc2c(cc1Nc1ccccc1)[nH]c(=O)n2CC1CCCCC1. The van der Waals surface area contributed by atoms with E-state index in [1.54, 1.807) is 0 Å². The van der Waals surface area contributed by atoms with Crippen LogP contribution in [-0.4, -0.2) is 28.1 Å². The van der Waals surface area contributed by atoms with Crippen molar-refractivity contribution in [3.8, 4) is 0 Å². The lowest BCUT2D eigenvalue weighted by Gasteiger charge is -2.24. The van der Waals surface area contributed by atoms with Gasteiger partial charge in [-0.3, -0.25) is 9.55 Å². The van der Waals surface area contributed by atoms with Crippen LogP contribution in [-0.2, 0) is 13.0 Å². The maximum Gasteiger partial charge on any atom is 0.326 e. The zero-order chi connectivity index (χ0) is 23.3. The van der Waals surface area contributed by atoms with E-state index in [0.717, 1.165) is 53.3 Å². The monoisotopic (exact) mass is 455 g/mol. The number of nitrogens with one attached hydrogen (secondary N) is 2. The van der Waals surface area contributed by atoms with Crippen LogP contribution in [0.4, 0.5) is 17.1 Å². The largest absolute Gasteiger partial charge is 0.372 e. The second kappa shape index (κ2) is 10.2. The highest BCUT2D eigenvalue weighted by atomic mass is 16.1. The molecule has 4 aromatic rings. The van der Waals surface area contributed by atoms with E-state index in [0.29, 0.717) is 5.92 Å². The van der Waals surface area contributed by atoms with Gasteiger partial charge in [-0.15, -0.1) is 0 Å². The van der Waals surface area contributed by atoms with E-state index in [4.69, 9.17) is 0 Å². The van der Waals surface area contributed by atoms with E-state index in [1.807, 2.05) is 41.1 Å². The van der Waals surface area contributed by atoms with Crippen molar-refractivity contribution in [1.29, 1.82) is 0 Å². The normalized spacial score (nSPS) is 14.4. The first kappa shape index (κ1) is 22.3. The number of aromatic nitrogens is 3. The van der Waals surface area contributed by atoms with Crippen molar-refractivity contribution in [2.75, 3.05) is 23.8 Å². The number of likely N-dealkylation sites (N-methyl/N-ethyl adjacent to an activating group) is 1. The van der Waals surface area contributed by atoms with E-state index in [9.17, 15) is 4.79 Å². The Labute approximate surface area is 200 Å². The summed E-state index contributed by atoms with van der Waals surface area (Å²) < 4.78 is 1.95. The van der Waals surface area contributed by atoms with E-state index in [2.05, 4.69) is 57.6 Å². The minimum Gasteiger partial charge on any atom is -0.372 e. The highest BCUT2D eigenvalue weighted by molar-refractivity contribution is 5.90. The molecule has 0 radical (unpaired) electrons. The molecule has 2 heterocycles. The lowest BCUT2D eigenvalue weighted by Crippen LogP contribution is -2.23. The molecule has 0 saturated heterocycles. The number of fused-ring (bicyclic) bond motifs is 1. The Morgan fingerprint density at radius 2 is 1.85 bits per heavy atom. The van der Waals surface area contributed by atoms with Crippen molar-refractivity contribution in [3.63, 3.8) is 0 Å². The summed E-state index contributed by atoms with van der Waals surface area (Å²) in [4.78, 5) is 22.8. The fourth-order valence-electron chi connectivity index (χ4n) is 5.04. The summed E-state index contributed by atoms with van der Waals surface area (Å²) in [7, 11) is 2.11. The van der Waals surface area contributed by atoms with Crippen molar-refractivity contribution in [2.45, 2.75) is 45.1 Å². The number of aromatic amines is 1. The summed E-state index contributed by atoms with van der Waals surface area (Å²) in [6.07, 6.45) is 8.98. The number of hydrogen-bond acceptors (Lipinski definition) is 4. The van der Waals surface area contributed by atoms with Gasteiger partial charge >= 0.3 is 5.69 Å². The van der Waals surface area contributed by atoms with Gasteiger partial charge in [-0.05, 0) is 55.2 Å². The molecular weight excluding hydrogens is 422 g/mol. The molecule has 6 nitrogen and oxygen atoms in total. The summed E-state index contributed by atoms with van der Waals surface area (Å²) >= 11 is 0. The minimum absolute atomic E-state index is 0.0143. The number of imidazole rings is 1. The van der Waals surface area contributed by atoms with Crippen LogP contribution >= 0.6 is 0 Å². The molecule has 0 spiro atoms.